The van der Waals surface area contributed by atoms with Gasteiger partial charge in [0.05, 0.1) is 29.1 Å². The molecular weight excluding hydrogens is 202 g/mol. The normalized spacial score (nSPS) is 32.8. The summed E-state index contributed by atoms with van der Waals surface area (Å²) >= 11 is 0. The lowest BCUT2D eigenvalue weighted by molar-refractivity contribution is 0.0391. The summed E-state index contributed by atoms with van der Waals surface area (Å²) < 4.78 is 22.5. The molecule has 1 fully saturated rings. The van der Waals surface area contributed by atoms with Gasteiger partial charge in [0.1, 0.15) is 0 Å². The molecule has 0 bridgehead atoms. The first-order valence-corrected chi connectivity index (χ1v) is 6.45. The van der Waals surface area contributed by atoms with Gasteiger partial charge in [-0.05, 0) is 12.3 Å². The van der Waals surface area contributed by atoms with E-state index in [1.165, 1.54) is 0 Å². The van der Waals surface area contributed by atoms with Gasteiger partial charge in [-0.3, -0.25) is 0 Å². The Morgan fingerprint density at radius 1 is 1.50 bits per heavy atom. The minimum absolute atomic E-state index is 0.0182. The second-order valence-corrected chi connectivity index (χ2v) is 6.48. The summed E-state index contributed by atoms with van der Waals surface area (Å²) in [5, 5.41) is 18.8. The van der Waals surface area contributed by atoms with E-state index in [2.05, 4.69) is 0 Å². The van der Waals surface area contributed by atoms with Gasteiger partial charge >= 0.3 is 0 Å². The topological polar surface area (TPSA) is 78.2 Å². The highest BCUT2D eigenvalue weighted by Crippen LogP contribution is 2.37. The lowest BCUT2D eigenvalue weighted by atomic mass is 9.78. The number of hydrogen-bond acceptors (Lipinski definition) is 4. The number of sulfone groups is 1. The molecule has 1 N–H and O–H groups in total. The fourth-order valence-corrected chi connectivity index (χ4v) is 3.88. The monoisotopic (exact) mass is 217 g/mol. The van der Waals surface area contributed by atoms with Crippen LogP contribution in [0.2, 0.25) is 0 Å². The van der Waals surface area contributed by atoms with Gasteiger partial charge in [-0.1, -0.05) is 13.8 Å². The average molecular weight is 217 g/mol. The highest BCUT2D eigenvalue weighted by Gasteiger charge is 2.48. The van der Waals surface area contributed by atoms with Crippen LogP contribution in [0.1, 0.15) is 20.3 Å². The highest BCUT2D eigenvalue weighted by molar-refractivity contribution is 7.91. The van der Waals surface area contributed by atoms with Crippen LogP contribution in [0.3, 0.4) is 0 Å². The van der Waals surface area contributed by atoms with Crippen molar-refractivity contribution in [2.24, 2.45) is 11.3 Å². The third kappa shape index (κ3) is 1.91. The van der Waals surface area contributed by atoms with Gasteiger partial charge in [0.25, 0.3) is 0 Å². The molecule has 1 saturated heterocycles. The molecule has 0 saturated carbocycles. The highest BCUT2D eigenvalue weighted by atomic mass is 32.2. The Morgan fingerprint density at radius 3 is 2.36 bits per heavy atom. The molecular formula is C9H15NO3S. The van der Waals surface area contributed by atoms with Gasteiger partial charge in [-0.25, -0.2) is 8.42 Å². The molecule has 4 nitrogen and oxygen atoms in total. The fraction of sp³-hybridized carbons (Fsp3) is 0.889. The molecule has 80 valence electrons. The summed E-state index contributed by atoms with van der Waals surface area (Å²) in [4.78, 5) is 0. The van der Waals surface area contributed by atoms with Gasteiger partial charge < -0.3 is 5.11 Å². The summed E-state index contributed by atoms with van der Waals surface area (Å²) in [6.45, 7) is 3.57. The molecule has 1 aliphatic rings. The van der Waals surface area contributed by atoms with Crippen molar-refractivity contribution in [1.82, 2.24) is 0 Å². The first-order chi connectivity index (χ1) is 6.33. The van der Waals surface area contributed by atoms with E-state index < -0.39 is 21.4 Å². The van der Waals surface area contributed by atoms with Crippen LogP contribution in [0.15, 0.2) is 0 Å². The Kier molecular flexibility index (Phi) is 2.88. The maximum atomic E-state index is 11.3. The van der Waals surface area contributed by atoms with Crippen molar-refractivity contribution >= 4 is 9.84 Å². The summed E-state index contributed by atoms with van der Waals surface area (Å²) in [5.41, 5.74) is -1.08. The van der Waals surface area contributed by atoms with Crippen LogP contribution in [0, 0.1) is 22.7 Å². The molecule has 2 atom stereocenters. The Balaban J connectivity index is 2.98. The van der Waals surface area contributed by atoms with Gasteiger partial charge in [0.15, 0.2) is 9.84 Å². The minimum atomic E-state index is -3.13. The maximum Gasteiger partial charge on any atom is 0.152 e. The lowest BCUT2D eigenvalue weighted by Gasteiger charge is -2.28. The van der Waals surface area contributed by atoms with Gasteiger partial charge in [0.2, 0.25) is 0 Å². The van der Waals surface area contributed by atoms with Crippen molar-refractivity contribution < 1.29 is 13.5 Å². The number of rotatable bonds is 2. The van der Waals surface area contributed by atoms with Crippen molar-refractivity contribution in [3.63, 3.8) is 0 Å². The van der Waals surface area contributed by atoms with E-state index in [1.807, 2.05) is 6.07 Å². The molecule has 0 aromatic rings. The molecule has 5 heteroatoms. The fourth-order valence-electron chi connectivity index (χ4n) is 1.90. The summed E-state index contributed by atoms with van der Waals surface area (Å²) in [6, 6.07) is 1.98. The molecule has 0 aromatic carbocycles. The zero-order valence-electron chi connectivity index (χ0n) is 8.40. The quantitative estimate of drug-likeness (QED) is 0.723. The first kappa shape index (κ1) is 11.5. The van der Waals surface area contributed by atoms with Crippen LogP contribution in [0.4, 0.5) is 0 Å². The molecule has 2 unspecified atom stereocenters. The van der Waals surface area contributed by atoms with Crippen LogP contribution >= 0.6 is 0 Å². The molecule has 14 heavy (non-hydrogen) atoms. The maximum absolute atomic E-state index is 11.3. The zero-order chi connectivity index (χ0) is 11.0. The smallest absolute Gasteiger partial charge is 0.152 e. The Bertz CT molecular complexity index is 355. The van der Waals surface area contributed by atoms with E-state index in [0.29, 0.717) is 0 Å². The number of aliphatic hydroxyl groups is 1. The van der Waals surface area contributed by atoms with Crippen molar-refractivity contribution in [3.8, 4) is 6.07 Å². The van der Waals surface area contributed by atoms with Crippen molar-refractivity contribution in [3.05, 3.63) is 0 Å². The SMILES string of the molecule is CC(C)C(O)C1(C#N)CCS(=O)(=O)C1. The number of nitrogens with zero attached hydrogens (tertiary/aromatic N) is 1. The molecule has 0 amide bonds. The van der Waals surface area contributed by atoms with Crippen molar-refractivity contribution in [1.29, 1.82) is 5.26 Å². The standard InChI is InChI=1S/C9H15NO3S/c1-7(2)8(11)9(5-10)3-4-14(12,13)6-9/h7-8,11H,3-4,6H2,1-2H3. The second-order valence-electron chi connectivity index (χ2n) is 4.30. The third-order valence-electron chi connectivity index (χ3n) is 2.76. The van der Waals surface area contributed by atoms with Crippen LogP contribution < -0.4 is 0 Å². The summed E-state index contributed by atoms with van der Waals surface area (Å²) in [5.74, 6) is -0.275. The Hall–Kier alpha value is -0.600. The van der Waals surface area contributed by atoms with Crippen LogP contribution in [0.5, 0.6) is 0 Å². The lowest BCUT2D eigenvalue weighted by Crippen LogP contribution is -2.38. The molecule has 0 radical (unpaired) electrons. The number of hydrogen-bond donors (Lipinski definition) is 1. The minimum Gasteiger partial charge on any atom is -0.391 e. The molecule has 1 heterocycles. The third-order valence-corrected chi connectivity index (χ3v) is 4.54. The predicted octanol–water partition coefficient (Wildman–Crippen LogP) is 0.332. The first-order valence-electron chi connectivity index (χ1n) is 4.63. The largest absolute Gasteiger partial charge is 0.391 e. The molecule has 0 spiro atoms. The molecule has 0 aliphatic carbocycles. The van der Waals surface area contributed by atoms with Crippen LogP contribution in [0.25, 0.3) is 0 Å². The van der Waals surface area contributed by atoms with Gasteiger partial charge in [-0.15, -0.1) is 0 Å². The summed E-state index contributed by atoms with van der Waals surface area (Å²) in [7, 11) is -3.13. The van der Waals surface area contributed by atoms with Crippen LogP contribution in [-0.4, -0.2) is 31.1 Å². The van der Waals surface area contributed by atoms with E-state index in [4.69, 9.17) is 5.26 Å². The van der Waals surface area contributed by atoms with Crippen molar-refractivity contribution in [2.45, 2.75) is 26.4 Å². The van der Waals surface area contributed by atoms with Crippen molar-refractivity contribution in [2.75, 3.05) is 11.5 Å². The summed E-state index contributed by atoms with van der Waals surface area (Å²) in [6.07, 6.45) is -0.602. The van der Waals surface area contributed by atoms with Gasteiger partial charge in [-0.2, -0.15) is 5.26 Å². The van der Waals surface area contributed by atoms with Crippen LogP contribution in [-0.2, 0) is 9.84 Å². The number of aliphatic hydroxyl groups excluding tert-OH is 1. The second kappa shape index (κ2) is 3.52. The van der Waals surface area contributed by atoms with E-state index in [0.717, 1.165) is 0 Å². The molecule has 0 aromatic heterocycles. The Morgan fingerprint density at radius 2 is 2.07 bits per heavy atom. The molecule has 1 aliphatic heterocycles. The number of nitriles is 1. The van der Waals surface area contributed by atoms with E-state index in [-0.39, 0.29) is 23.8 Å². The predicted molar refractivity (Wildman–Crippen MR) is 52.2 cm³/mol. The van der Waals surface area contributed by atoms with E-state index in [9.17, 15) is 13.5 Å². The van der Waals surface area contributed by atoms with E-state index >= 15 is 0 Å². The average Bonchev–Trinajstić information content (AvgIpc) is 2.41. The molecule has 1 rings (SSSR count). The van der Waals surface area contributed by atoms with Gasteiger partial charge in [0, 0.05) is 0 Å². The Labute approximate surface area is 84.5 Å². The zero-order valence-corrected chi connectivity index (χ0v) is 9.21. The van der Waals surface area contributed by atoms with E-state index in [1.54, 1.807) is 13.8 Å².